The predicted molar refractivity (Wildman–Crippen MR) is 76.7 cm³/mol. The maximum absolute atomic E-state index is 3.82. The molecule has 2 atom stereocenters. The minimum Gasteiger partial charge on any atom is -0.311 e. The number of nitrogens with zero attached hydrogens (tertiary/aromatic N) is 1. The van der Waals surface area contributed by atoms with Crippen LogP contribution in [0.25, 0.3) is 0 Å². The summed E-state index contributed by atoms with van der Waals surface area (Å²) in [5.74, 6) is 2.88. The second-order valence-corrected chi connectivity index (χ2v) is 7.39. The minimum atomic E-state index is 0.750. The van der Waals surface area contributed by atoms with Crippen LogP contribution in [0.4, 0.5) is 0 Å². The Balaban J connectivity index is 1.56. The molecule has 0 amide bonds. The summed E-state index contributed by atoms with van der Waals surface area (Å²) in [6, 6.07) is 1.62. The van der Waals surface area contributed by atoms with Crippen molar-refractivity contribution >= 4 is 0 Å². The fourth-order valence-electron chi connectivity index (χ4n) is 3.79. The average Bonchev–Trinajstić information content (AvgIpc) is 3.07. The lowest BCUT2D eigenvalue weighted by Gasteiger charge is -2.44. The quantitative estimate of drug-likeness (QED) is 0.807. The summed E-state index contributed by atoms with van der Waals surface area (Å²) in [4.78, 5) is 2.87. The van der Waals surface area contributed by atoms with E-state index in [0.29, 0.717) is 0 Å². The zero-order valence-electron chi connectivity index (χ0n) is 12.2. The van der Waals surface area contributed by atoms with Crippen LogP contribution in [0.15, 0.2) is 0 Å². The molecule has 2 heteroatoms. The van der Waals surface area contributed by atoms with Gasteiger partial charge in [0.2, 0.25) is 0 Å². The molecule has 1 saturated heterocycles. The van der Waals surface area contributed by atoms with E-state index in [1.54, 1.807) is 0 Å². The maximum Gasteiger partial charge on any atom is 0.0249 e. The average molecular weight is 250 g/mol. The number of nitrogens with one attached hydrogen (secondary N) is 1. The third kappa shape index (κ3) is 3.08. The first-order valence-electron chi connectivity index (χ1n) is 8.20. The van der Waals surface area contributed by atoms with Crippen molar-refractivity contribution in [3.05, 3.63) is 0 Å². The van der Waals surface area contributed by atoms with Crippen LogP contribution in [0.1, 0.15) is 52.4 Å². The normalized spacial score (nSPS) is 34.8. The standard InChI is InChI=1S/C16H30N2/c1-12(2)8-15-11-18(10-13-4-3-5-13)16(9-17-15)14-6-7-14/h12-17H,3-11H2,1-2H3. The van der Waals surface area contributed by atoms with Crippen molar-refractivity contribution in [1.82, 2.24) is 10.2 Å². The molecule has 0 aromatic carbocycles. The number of piperazine rings is 1. The van der Waals surface area contributed by atoms with Crippen molar-refractivity contribution in [1.29, 1.82) is 0 Å². The summed E-state index contributed by atoms with van der Waals surface area (Å²) in [6.45, 7) is 8.68. The molecule has 3 fully saturated rings. The fraction of sp³-hybridized carbons (Fsp3) is 1.00. The first kappa shape index (κ1) is 12.9. The van der Waals surface area contributed by atoms with Crippen molar-refractivity contribution in [3.8, 4) is 0 Å². The first-order valence-corrected chi connectivity index (χ1v) is 8.20. The Kier molecular flexibility index (Phi) is 3.95. The van der Waals surface area contributed by atoms with Gasteiger partial charge >= 0.3 is 0 Å². The van der Waals surface area contributed by atoms with Gasteiger partial charge in [0, 0.05) is 31.7 Å². The Labute approximate surface area is 113 Å². The smallest absolute Gasteiger partial charge is 0.0249 e. The molecule has 1 N–H and O–H groups in total. The summed E-state index contributed by atoms with van der Waals surface area (Å²) in [5, 5.41) is 3.82. The molecule has 104 valence electrons. The van der Waals surface area contributed by atoms with Crippen molar-refractivity contribution in [3.63, 3.8) is 0 Å². The monoisotopic (exact) mass is 250 g/mol. The summed E-state index contributed by atoms with van der Waals surface area (Å²) >= 11 is 0. The topological polar surface area (TPSA) is 15.3 Å². The van der Waals surface area contributed by atoms with Gasteiger partial charge in [0.05, 0.1) is 0 Å². The van der Waals surface area contributed by atoms with Gasteiger partial charge < -0.3 is 5.32 Å². The van der Waals surface area contributed by atoms with Crippen LogP contribution in [0.5, 0.6) is 0 Å². The van der Waals surface area contributed by atoms with Crippen molar-refractivity contribution in [2.75, 3.05) is 19.6 Å². The van der Waals surface area contributed by atoms with E-state index in [0.717, 1.165) is 29.8 Å². The van der Waals surface area contributed by atoms with Gasteiger partial charge in [0.25, 0.3) is 0 Å². The summed E-state index contributed by atoms with van der Waals surface area (Å²) < 4.78 is 0. The summed E-state index contributed by atoms with van der Waals surface area (Å²) in [5.41, 5.74) is 0. The predicted octanol–water partition coefficient (Wildman–Crippen LogP) is 2.89. The molecule has 0 aromatic rings. The lowest BCUT2D eigenvalue weighted by atomic mass is 9.84. The van der Waals surface area contributed by atoms with Crippen molar-refractivity contribution < 1.29 is 0 Å². The Morgan fingerprint density at radius 1 is 1.17 bits per heavy atom. The summed E-state index contributed by atoms with van der Waals surface area (Å²) in [7, 11) is 0. The third-order valence-electron chi connectivity index (χ3n) is 5.18. The second kappa shape index (κ2) is 5.50. The molecule has 0 aromatic heterocycles. The van der Waals surface area contributed by atoms with Crippen LogP contribution in [0, 0.1) is 17.8 Å². The molecule has 2 saturated carbocycles. The number of rotatable bonds is 5. The molecule has 2 nitrogen and oxygen atoms in total. The first-order chi connectivity index (χ1) is 8.72. The van der Waals surface area contributed by atoms with Crippen LogP contribution in [-0.2, 0) is 0 Å². The SMILES string of the molecule is CC(C)CC1CN(CC2CCC2)C(C2CC2)CN1. The molecule has 0 radical (unpaired) electrons. The summed E-state index contributed by atoms with van der Waals surface area (Å²) in [6.07, 6.45) is 8.80. The van der Waals surface area contributed by atoms with E-state index in [1.807, 2.05) is 0 Å². The van der Waals surface area contributed by atoms with Gasteiger partial charge in [-0.1, -0.05) is 20.3 Å². The number of hydrogen-bond donors (Lipinski definition) is 1. The Hall–Kier alpha value is -0.0800. The molecule has 0 bridgehead atoms. The van der Waals surface area contributed by atoms with Gasteiger partial charge in [-0.15, -0.1) is 0 Å². The van der Waals surface area contributed by atoms with E-state index in [1.165, 1.54) is 58.2 Å². The fourth-order valence-corrected chi connectivity index (χ4v) is 3.79. The van der Waals surface area contributed by atoms with E-state index in [-0.39, 0.29) is 0 Å². The van der Waals surface area contributed by atoms with E-state index >= 15 is 0 Å². The largest absolute Gasteiger partial charge is 0.311 e. The van der Waals surface area contributed by atoms with Gasteiger partial charge in [-0.3, -0.25) is 4.90 Å². The van der Waals surface area contributed by atoms with E-state index in [9.17, 15) is 0 Å². The molecule has 0 spiro atoms. The third-order valence-corrected chi connectivity index (χ3v) is 5.18. The Bertz CT molecular complexity index is 268. The highest BCUT2D eigenvalue weighted by Gasteiger charge is 2.39. The van der Waals surface area contributed by atoms with Gasteiger partial charge in [-0.05, 0) is 49.9 Å². The molecular formula is C16H30N2. The molecule has 2 unspecified atom stereocenters. The molecule has 2 aliphatic carbocycles. The van der Waals surface area contributed by atoms with Crippen LogP contribution >= 0.6 is 0 Å². The van der Waals surface area contributed by atoms with Gasteiger partial charge in [-0.25, -0.2) is 0 Å². The zero-order valence-corrected chi connectivity index (χ0v) is 12.2. The zero-order chi connectivity index (χ0) is 12.5. The second-order valence-electron chi connectivity index (χ2n) is 7.39. The van der Waals surface area contributed by atoms with Crippen LogP contribution in [-0.4, -0.2) is 36.6 Å². The molecule has 3 rings (SSSR count). The molecule has 1 aliphatic heterocycles. The minimum absolute atomic E-state index is 0.750. The number of hydrogen-bond acceptors (Lipinski definition) is 2. The van der Waals surface area contributed by atoms with Gasteiger partial charge in [0.15, 0.2) is 0 Å². The van der Waals surface area contributed by atoms with Gasteiger partial charge in [-0.2, -0.15) is 0 Å². The molecule has 3 aliphatic rings. The van der Waals surface area contributed by atoms with Gasteiger partial charge in [0.1, 0.15) is 0 Å². The lowest BCUT2D eigenvalue weighted by molar-refractivity contribution is 0.0727. The highest BCUT2D eigenvalue weighted by Crippen LogP contribution is 2.38. The van der Waals surface area contributed by atoms with Crippen LogP contribution < -0.4 is 5.32 Å². The molecule has 1 heterocycles. The molecule has 18 heavy (non-hydrogen) atoms. The van der Waals surface area contributed by atoms with Crippen molar-refractivity contribution in [2.45, 2.75) is 64.5 Å². The Morgan fingerprint density at radius 3 is 2.50 bits per heavy atom. The Morgan fingerprint density at radius 2 is 1.94 bits per heavy atom. The maximum atomic E-state index is 3.82. The van der Waals surface area contributed by atoms with E-state index in [2.05, 4.69) is 24.1 Å². The lowest BCUT2D eigenvalue weighted by Crippen LogP contribution is -2.58. The van der Waals surface area contributed by atoms with Crippen molar-refractivity contribution in [2.24, 2.45) is 17.8 Å². The highest BCUT2D eigenvalue weighted by molar-refractivity contribution is 4.96. The highest BCUT2D eigenvalue weighted by atomic mass is 15.2. The van der Waals surface area contributed by atoms with E-state index < -0.39 is 0 Å². The van der Waals surface area contributed by atoms with Crippen LogP contribution in [0.3, 0.4) is 0 Å². The molecular weight excluding hydrogens is 220 g/mol. The van der Waals surface area contributed by atoms with E-state index in [4.69, 9.17) is 0 Å². The van der Waals surface area contributed by atoms with Crippen LogP contribution in [0.2, 0.25) is 0 Å².